The summed E-state index contributed by atoms with van der Waals surface area (Å²) in [4.78, 5) is 12.1. The maximum Gasteiger partial charge on any atom is 0.255 e. The summed E-state index contributed by atoms with van der Waals surface area (Å²) in [5.41, 5.74) is 7.43. The van der Waals surface area contributed by atoms with E-state index in [1.807, 2.05) is 0 Å². The molecule has 1 aliphatic rings. The van der Waals surface area contributed by atoms with Crippen LogP contribution < -0.4 is 20.5 Å². The molecule has 0 aliphatic carbocycles. The number of carbonyl (C=O) groups excluding carboxylic acids is 1. The van der Waals surface area contributed by atoms with Gasteiger partial charge in [0.1, 0.15) is 13.2 Å². The zero-order chi connectivity index (χ0) is 13.9. The second-order valence-electron chi connectivity index (χ2n) is 4.43. The average molecular weight is 270 g/mol. The highest BCUT2D eigenvalue weighted by atomic mass is 16.6. The summed E-state index contributed by atoms with van der Waals surface area (Å²) in [6.45, 7) is 1.06. The van der Waals surface area contributed by atoms with Crippen LogP contribution in [0.4, 0.5) is 11.4 Å². The summed E-state index contributed by atoms with van der Waals surface area (Å²) < 4.78 is 10.9. The van der Waals surface area contributed by atoms with Crippen molar-refractivity contribution in [1.82, 2.24) is 0 Å². The van der Waals surface area contributed by atoms with Gasteiger partial charge in [0, 0.05) is 23.0 Å². The Labute approximate surface area is 116 Å². The molecule has 1 aliphatic heterocycles. The van der Waals surface area contributed by atoms with Crippen LogP contribution in [-0.2, 0) is 0 Å². The number of fused-ring (bicyclic) bond motifs is 1. The molecule has 0 bridgehead atoms. The molecule has 0 saturated carbocycles. The highest BCUT2D eigenvalue weighted by molar-refractivity contribution is 6.04. The molecule has 3 N–H and O–H groups in total. The fourth-order valence-electron chi connectivity index (χ4n) is 1.96. The van der Waals surface area contributed by atoms with Gasteiger partial charge in [0.25, 0.3) is 5.91 Å². The van der Waals surface area contributed by atoms with E-state index < -0.39 is 0 Å². The van der Waals surface area contributed by atoms with E-state index in [0.717, 1.165) is 0 Å². The van der Waals surface area contributed by atoms with Crippen molar-refractivity contribution in [3.63, 3.8) is 0 Å². The number of rotatable bonds is 2. The normalized spacial score (nSPS) is 12.8. The van der Waals surface area contributed by atoms with Gasteiger partial charge in [-0.05, 0) is 36.4 Å². The van der Waals surface area contributed by atoms with E-state index in [1.54, 1.807) is 42.5 Å². The van der Waals surface area contributed by atoms with Gasteiger partial charge in [-0.3, -0.25) is 4.79 Å². The molecule has 2 aromatic carbocycles. The molecular formula is C15H14N2O3. The van der Waals surface area contributed by atoms with Gasteiger partial charge < -0.3 is 20.5 Å². The maximum atomic E-state index is 12.1. The van der Waals surface area contributed by atoms with E-state index in [1.165, 1.54) is 0 Å². The second kappa shape index (κ2) is 5.13. The molecule has 0 atom stereocenters. The van der Waals surface area contributed by atoms with Crippen LogP contribution in [0.3, 0.4) is 0 Å². The highest BCUT2D eigenvalue weighted by Gasteiger charge is 2.13. The Morgan fingerprint density at radius 2 is 1.70 bits per heavy atom. The molecule has 0 spiro atoms. The zero-order valence-electron chi connectivity index (χ0n) is 10.8. The molecule has 1 amide bonds. The first kappa shape index (κ1) is 12.3. The molecule has 0 saturated heterocycles. The molecule has 0 aromatic heterocycles. The van der Waals surface area contributed by atoms with Crippen LogP contribution in [-0.4, -0.2) is 19.1 Å². The topological polar surface area (TPSA) is 73.6 Å². The number of nitrogen functional groups attached to an aromatic ring is 1. The predicted molar refractivity (Wildman–Crippen MR) is 76.2 cm³/mol. The quantitative estimate of drug-likeness (QED) is 0.821. The molecule has 0 radical (unpaired) electrons. The smallest absolute Gasteiger partial charge is 0.255 e. The summed E-state index contributed by atoms with van der Waals surface area (Å²) >= 11 is 0. The largest absolute Gasteiger partial charge is 0.486 e. The monoisotopic (exact) mass is 270 g/mol. The third-order valence-corrected chi connectivity index (χ3v) is 2.97. The van der Waals surface area contributed by atoms with Crippen molar-refractivity contribution in [2.24, 2.45) is 0 Å². The average Bonchev–Trinajstić information content (AvgIpc) is 2.48. The van der Waals surface area contributed by atoms with Gasteiger partial charge in [0.15, 0.2) is 11.5 Å². The van der Waals surface area contributed by atoms with Gasteiger partial charge in [-0.2, -0.15) is 0 Å². The van der Waals surface area contributed by atoms with Crippen LogP contribution in [0.1, 0.15) is 10.4 Å². The van der Waals surface area contributed by atoms with Gasteiger partial charge in [-0.25, -0.2) is 0 Å². The zero-order valence-corrected chi connectivity index (χ0v) is 10.8. The lowest BCUT2D eigenvalue weighted by molar-refractivity contribution is 0.102. The number of hydrogen-bond donors (Lipinski definition) is 2. The van der Waals surface area contributed by atoms with Crippen LogP contribution in [0.25, 0.3) is 0 Å². The number of nitrogens with one attached hydrogen (secondary N) is 1. The maximum absolute atomic E-state index is 12.1. The van der Waals surface area contributed by atoms with Crippen LogP contribution in [0.15, 0.2) is 42.5 Å². The molecule has 20 heavy (non-hydrogen) atoms. The predicted octanol–water partition coefficient (Wildman–Crippen LogP) is 2.29. The minimum Gasteiger partial charge on any atom is -0.486 e. The SMILES string of the molecule is Nc1ccc(C(=O)Nc2ccc3c(c2)OCCO3)cc1. The number of ether oxygens (including phenoxy) is 2. The standard InChI is InChI=1S/C15H14N2O3/c16-11-3-1-10(2-4-11)15(18)17-12-5-6-13-14(9-12)20-8-7-19-13/h1-6,9H,7-8,16H2,(H,17,18). The number of nitrogens with two attached hydrogens (primary N) is 1. The van der Waals surface area contributed by atoms with Crippen molar-refractivity contribution < 1.29 is 14.3 Å². The van der Waals surface area contributed by atoms with Crippen molar-refractivity contribution in [3.8, 4) is 11.5 Å². The van der Waals surface area contributed by atoms with Crippen LogP contribution in [0, 0.1) is 0 Å². The minimum absolute atomic E-state index is 0.193. The van der Waals surface area contributed by atoms with Gasteiger partial charge >= 0.3 is 0 Å². The third kappa shape index (κ3) is 2.51. The Morgan fingerprint density at radius 1 is 1.00 bits per heavy atom. The number of benzene rings is 2. The van der Waals surface area contributed by atoms with E-state index in [0.29, 0.717) is 41.7 Å². The molecular weight excluding hydrogens is 256 g/mol. The Hall–Kier alpha value is -2.69. The molecule has 0 unspecified atom stereocenters. The summed E-state index contributed by atoms with van der Waals surface area (Å²) in [7, 11) is 0. The van der Waals surface area contributed by atoms with Gasteiger partial charge in [-0.1, -0.05) is 0 Å². The third-order valence-electron chi connectivity index (χ3n) is 2.97. The first-order valence-electron chi connectivity index (χ1n) is 6.29. The van der Waals surface area contributed by atoms with E-state index in [2.05, 4.69) is 5.32 Å². The Bertz CT molecular complexity index is 638. The Balaban J connectivity index is 1.77. The van der Waals surface area contributed by atoms with E-state index in [4.69, 9.17) is 15.2 Å². The molecule has 1 heterocycles. The molecule has 5 heteroatoms. The fraction of sp³-hybridized carbons (Fsp3) is 0.133. The van der Waals surface area contributed by atoms with Crippen molar-refractivity contribution in [3.05, 3.63) is 48.0 Å². The molecule has 102 valence electrons. The lowest BCUT2D eigenvalue weighted by Crippen LogP contribution is -2.16. The van der Waals surface area contributed by atoms with E-state index in [-0.39, 0.29) is 5.91 Å². The summed E-state index contributed by atoms with van der Waals surface area (Å²) in [5, 5.41) is 2.81. The molecule has 0 fully saturated rings. The van der Waals surface area contributed by atoms with Crippen LogP contribution in [0.2, 0.25) is 0 Å². The van der Waals surface area contributed by atoms with Crippen molar-refractivity contribution in [2.45, 2.75) is 0 Å². The Morgan fingerprint density at radius 3 is 2.45 bits per heavy atom. The Kier molecular flexibility index (Phi) is 3.16. The summed E-state index contributed by atoms with van der Waals surface area (Å²) in [6, 6.07) is 12.1. The van der Waals surface area contributed by atoms with Crippen molar-refractivity contribution >= 4 is 17.3 Å². The van der Waals surface area contributed by atoms with Gasteiger partial charge in [0.05, 0.1) is 0 Å². The lowest BCUT2D eigenvalue weighted by atomic mass is 10.2. The number of anilines is 2. The van der Waals surface area contributed by atoms with Gasteiger partial charge in [0.2, 0.25) is 0 Å². The van der Waals surface area contributed by atoms with Crippen LogP contribution >= 0.6 is 0 Å². The summed E-state index contributed by atoms with van der Waals surface area (Å²) in [5.74, 6) is 1.15. The van der Waals surface area contributed by atoms with Crippen molar-refractivity contribution in [1.29, 1.82) is 0 Å². The number of amides is 1. The molecule has 2 aromatic rings. The highest BCUT2D eigenvalue weighted by Crippen LogP contribution is 2.32. The van der Waals surface area contributed by atoms with Crippen molar-refractivity contribution in [2.75, 3.05) is 24.3 Å². The van der Waals surface area contributed by atoms with E-state index in [9.17, 15) is 4.79 Å². The summed E-state index contributed by atoms with van der Waals surface area (Å²) in [6.07, 6.45) is 0. The second-order valence-corrected chi connectivity index (χ2v) is 4.43. The van der Waals surface area contributed by atoms with E-state index >= 15 is 0 Å². The number of hydrogen-bond acceptors (Lipinski definition) is 4. The molecule has 3 rings (SSSR count). The van der Waals surface area contributed by atoms with Crippen LogP contribution in [0.5, 0.6) is 11.5 Å². The fourth-order valence-corrected chi connectivity index (χ4v) is 1.96. The lowest BCUT2D eigenvalue weighted by Gasteiger charge is -2.19. The molecule has 5 nitrogen and oxygen atoms in total. The van der Waals surface area contributed by atoms with Gasteiger partial charge in [-0.15, -0.1) is 0 Å². The minimum atomic E-state index is -0.193. The number of carbonyl (C=O) groups is 1. The first-order chi connectivity index (χ1) is 9.72. The first-order valence-corrected chi connectivity index (χ1v) is 6.29.